The molecule has 0 N–H and O–H groups in total. The second-order valence-electron chi connectivity index (χ2n) is 6.08. The Morgan fingerprint density at radius 1 is 1.14 bits per heavy atom. The van der Waals surface area contributed by atoms with Crippen molar-refractivity contribution in [1.82, 2.24) is 0 Å². The molecule has 0 aromatic heterocycles. The Morgan fingerprint density at radius 2 is 1.71 bits per heavy atom. The zero-order chi connectivity index (χ0) is 10.5. The molecule has 2 rings (SSSR count). The van der Waals surface area contributed by atoms with E-state index >= 15 is 0 Å². The summed E-state index contributed by atoms with van der Waals surface area (Å²) < 4.78 is 0. The maximum atomic E-state index is 2.50. The number of rotatable bonds is 3. The second kappa shape index (κ2) is 3.25. The van der Waals surface area contributed by atoms with Crippen LogP contribution in [0.15, 0.2) is 0 Å². The highest BCUT2D eigenvalue weighted by Crippen LogP contribution is 2.66. The third-order valence-electron chi connectivity index (χ3n) is 5.99. The van der Waals surface area contributed by atoms with E-state index in [4.69, 9.17) is 0 Å². The quantitative estimate of drug-likeness (QED) is 0.626. The summed E-state index contributed by atoms with van der Waals surface area (Å²) in [5.74, 6) is 5.20. The van der Waals surface area contributed by atoms with Crippen LogP contribution in [-0.2, 0) is 0 Å². The SMILES string of the molecule is CCC1CC1C1C(C)C(C)(CC)C1C. The van der Waals surface area contributed by atoms with Gasteiger partial charge >= 0.3 is 0 Å². The predicted molar refractivity (Wildman–Crippen MR) is 62.1 cm³/mol. The van der Waals surface area contributed by atoms with Crippen molar-refractivity contribution in [1.29, 1.82) is 0 Å². The molecule has 0 amide bonds. The molecule has 0 heterocycles. The van der Waals surface area contributed by atoms with E-state index in [2.05, 4.69) is 34.6 Å². The lowest BCUT2D eigenvalue weighted by Crippen LogP contribution is -2.53. The average molecular weight is 194 g/mol. The molecular formula is C14H26. The summed E-state index contributed by atoms with van der Waals surface area (Å²) in [7, 11) is 0. The first kappa shape index (κ1) is 10.5. The molecule has 0 aromatic rings. The van der Waals surface area contributed by atoms with Gasteiger partial charge in [0.25, 0.3) is 0 Å². The molecule has 0 bridgehead atoms. The molecule has 0 spiro atoms. The van der Waals surface area contributed by atoms with Crippen LogP contribution < -0.4 is 0 Å². The van der Waals surface area contributed by atoms with Crippen LogP contribution >= 0.6 is 0 Å². The Kier molecular flexibility index (Phi) is 2.44. The Hall–Kier alpha value is 0. The molecule has 0 saturated heterocycles. The van der Waals surface area contributed by atoms with Gasteiger partial charge in [0.1, 0.15) is 0 Å². The summed E-state index contributed by atoms with van der Waals surface area (Å²) in [5.41, 5.74) is 0.658. The summed E-state index contributed by atoms with van der Waals surface area (Å²) in [4.78, 5) is 0. The second-order valence-corrected chi connectivity index (χ2v) is 6.08. The molecule has 4 unspecified atom stereocenters. The smallest absolute Gasteiger partial charge is 0.0271 e. The van der Waals surface area contributed by atoms with Crippen molar-refractivity contribution in [2.75, 3.05) is 0 Å². The Morgan fingerprint density at radius 3 is 2.07 bits per heavy atom. The minimum atomic E-state index is 0.658. The van der Waals surface area contributed by atoms with Gasteiger partial charge in [0, 0.05) is 0 Å². The van der Waals surface area contributed by atoms with Crippen LogP contribution in [0.3, 0.4) is 0 Å². The van der Waals surface area contributed by atoms with Crippen molar-refractivity contribution in [2.45, 2.75) is 53.9 Å². The van der Waals surface area contributed by atoms with Gasteiger partial charge in [-0.2, -0.15) is 0 Å². The molecule has 2 fully saturated rings. The Balaban J connectivity index is 1.99. The van der Waals surface area contributed by atoms with Crippen molar-refractivity contribution >= 4 is 0 Å². The maximum absolute atomic E-state index is 2.50. The predicted octanol–water partition coefficient (Wildman–Crippen LogP) is 4.35. The molecule has 4 atom stereocenters. The zero-order valence-corrected chi connectivity index (χ0v) is 10.5. The summed E-state index contributed by atoms with van der Waals surface area (Å²) >= 11 is 0. The molecule has 82 valence electrons. The van der Waals surface area contributed by atoms with Crippen LogP contribution in [-0.4, -0.2) is 0 Å². The normalized spacial score (nSPS) is 56.8. The molecule has 2 aliphatic rings. The van der Waals surface area contributed by atoms with Gasteiger partial charge < -0.3 is 0 Å². The minimum Gasteiger partial charge on any atom is -0.0651 e. The van der Waals surface area contributed by atoms with Crippen molar-refractivity contribution in [3.8, 4) is 0 Å². The molecule has 0 aromatic carbocycles. The van der Waals surface area contributed by atoms with Gasteiger partial charge in [0.05, 0.1) is 0 Å². The molecule has 14 heavy (non-hydrogen) atoms. The third-order valence-corrected chi connectivity index (χ3v) is 5.99. The number of hydrogen-bond acceptors (Lipinski definition) is 0. The third kappa shape index (κ3) is 1.19. The zero-order valence-electron chi connectivity index (χ0n) is 10.5. The first-order valence-electron chi connectivity index (χ1n) is 6.56. The maximum Gasteiger partial charge on any atom is -0.0271 e. The number of hydrogen-bond donors (Lipinski definition) is 0. The fourth-order valence-corrected chi connectivity index (χ4v) is 4.21. The fourth-order valence-electron chi connectivity index (χ4n) is 4.21. The van der Waals surface area contributed by atoms with E-state index in [1.54, 1.807) is 0 Å². The van der Waals surface area contributed by atoms with Crippen LogP contribution in [0.4, 0.5) is 0 Å². The highest BCUT2D eigenvalue weighted by Gasteiger charge is 2.59. The van der Waals surface area contributed by atoms with Crippen molar-refractivity contribution in [3.63, 3.8) is 0 Å². The van der Waals surface area contributed by atoms with Gasteiger partial charge in [-0.3, -0.25) is 0 Å². The first-order chi connectivity index (χ1) is 6.56. The average Bonchev–Trinajstić information content (AvgIpc) is 2.96. The van der Waals surface area contributed by atoms with Crippen molar-refractivity contribution in [3.05, 3.63) is 0 Å². The van der Waals surface area contributed by atoms with Crippen LogP contribution in [0.5, 0.6) is 0 Å². The van der Waals surface area contributed by atoms with Gasteiger partial charge in [0.15, 0.2) is 0 Å². The van der Waals surface area contributed by atoms with Crippen LogP contribution in [0.1, 0.15) is 53.9 Å². The van der Waals surface area contributed by atoms with E-state index in [1.807, 2.05) is 0 Å². The van der Waals surface area contributed by atoms with E-state index < -0.39 is 0 Å². The fraction of sp³-hybridized carbons (Fsp3) is 1.00. The largest absolute Gasteiger partial charge is 0.0651 e. The highest BCUT2D eigenvalue weighted by atomic mass is 14.6. The van der Waals surface area contributed by atoms with Crippen molar-refractivity contribution < 1.29 is 0 Å². The lowest BCUT2D eigenvalue weighted by molar-refractivity contribution is -0.107. The van der Waals surface area contributed by atoms with Crippen LogP contribution in [0.2, 0.25) is 0 Å². The van der Waals surface area contributed by atoms with Gasteiger partial charge in [0.2, 0.25) is 0 Å². The molecule has 0 heteroatoms. The van der Waals surface area contributed by atoms with Crippen LogP contribution in [0.25, 0.3) is 0 Å². The van der Waals surface area contributed by atoms with Crippen LogP contribution in [0, 0.1) is 35.0 Å². The van der Waals surface area contributed by atoms with Crippen molar-refractivity contribution in [2.24, 2.45) is 35.0 Å². The summed E-state index contributed by atoms with van der Waals surface area (Å²) in [6, 6.07) is 0. The summed E-state index contributed by atoms with van der Waals surface area (Å²) in [5, 5.41) is 0. The van der Waals surface area contributed by atoms with E-state index in [1.165, 1.54) is 19.3 Å². The lowest BCUT2D eigenvalue weighted by Gasteiger charge is -2.59. The molecular weight excluding hydrogens is 168 g/mol. The first-order valence-corrected chi connectivity index (χ1v) is 6.56. The lowest BCUT2D eigenvalue weighted by atomic mass is 9.46. The van der Waals surface area contributed by atoms with E-state index in [-0.39, 0.29) is 0 Å². The molecule has 2 aliphatic carbocycles. The molecule has 0 nitrogen and oxygen atoms in total. The monoisotopic (exact) mass is 194 g/mol. The molecule has 0 radical (unpaired) electrons. The molecule has 0 aliphatic heterocycles. The van der Waals surface area contributed by atoms with E-state index in [9.17, 15) is 0 Å². The van der Waals surface area contributed by atoms with Gasteiger partial charge in [-0.25, -0.2) is 0 Å². The minimum absolute atomic E-state index is 0.658. The summed E-state index contributed by atoms with van der Waals surface area (Å²) in [6.45, 7) is 12.2. The topological polar surface area (TPSA) is 0 Å². The Bertz CT molecular complexity index is 208. The standard InChI is InChI=1S/C14H26/c1-6-11-8-12(11)13-9(3)14(5,7-2)10(13)4/h9-13H,6-8H2,1-5H3. The van der Waals surface area contributed by atoms with E-state index in [0.29, 0.717) is 5.41 Å². The Labute approximate surface area is 89.5 Å². The molecule has 2 saturated carbocycles. The highest BCUT2D eigenvalue weighted by molar-refractivity contribution is 5.08. The van der Waals surface area contributed by atoms with Gasteiger partial charge in [-0.05, 0) is 41.4 Å². The summed E-state index contributed by atoms with van der Waals surface area (Å²) in [6.07, 6.45) is 4.33. The van der Waals surface area contributed by atoms with Gasteiger partial charge in [-0.15, -0.1) is 0 Å². The van der Waals surface area contributed by atoms with Gasteiger partial charge in [-0.1, -0.05) is 47.5 Å². The van der Waals surface area contributed by atoms with E-state index in [0.717, 1.165) is 29.6 Å².